The summed E-state index contributed by atoms with van der Waals surface area (Å²) in [7, 11) is 0. The fourth-order valence-electron chi connectivity index (χ4n) is 3.36. The van der Waals surface area contributed by atoms with Crippen molar-refractivity contribution < 1.29 is 9.53 Å². The first-order valence-corrected chi connectivity index (χ1v) is 9.54. The van der Waals surface area contributed by atoms with Gasteiger partial charge in [0, 0.05) is 18.6 Å². The Labute approximate surface area is 143 Å². The van der Waals surface area contributed by atoms with Gasteiger partial charge in [-0.05, 0) is 52.9 Å². The zero-order valence-corrected chi connectivity index (χ0v) is 15.9. The third-order valence-corrected chi connectivity index (χ3v) is 4.56. The summed E-state index contributed by atoms with van der Waals surface area (Å²) in [6.45, 7) is 11.0. The van der Waals surface area contributed by atoms with Crippen molar-refractivity contribution in [2.75, 3.05) is 6.54 Å². The second-order valence-electron chi connectivity index (χ2n) is 8.10. The minimum atomic E-state index is -0.426. The quantitative estimate of drug-likeness (QED) is 0.607. The molecule has 1 fully saturated rings. The molecule has 0 radical (unpaired) electrons. The molecule has 3 unspecified atom stereocenters. The molecule has 23 heavy (non-hydrogen) atoms. The molecule has 0 saturated heterocycles. The second-order valence-corrected chi connectivity index (χ2v) is 8.10. The van der Waals surface area contributed by atoms with Crippen LogP contribution in [0.5, 0.6) is 0 Å². The number of unbranched alkanes of at least 4 members (excludes halogenated alkanes) is 3. The molecule has 2 N–H and O–H groups in total. The van der Waals surface area contributed by atoms with E-state index in [2.05, 4.69) is 24.5 Å². The summed E-state index contributed by atoms with van der Waals surface area (Å²) in [4.78, 5) is 11.8. The maximum atomic E-state index is 11.8. The summed E-state index contributed by atoms with van der Waals surface area (Å²) in [5, 5.41) is 6.73. The van der Waals surface area contributed by atoms with Gasteiger partial charge in [-0.2, -0.15) is 0 Å². The van der Waals surface area contributed by atoms with Crippen LogP contribution in [-0.2, 0) is 4.74 Å². The summed E-state index contributed by atoms with van der Waals surface area (Å²) in [6, 6.07) is 1.10. The van der Waals surface area contributed by atoms with Crippen LogP contribution in [0.1, 0.15) is 86.0 Å². The van der Waals surface area contributed by atoms with Crippen molar-refractivity contribution in [1.29, 1.82) is 0 Å². The molecule has 0 bridgehead atoms. The molecule has 1 rings (SSSR count). The van der Waals surface area contributed by atoms with E-state index in [4.69, 9.17) is 4.74 Å². The highest BCUT2D eigenvalue weighted by Gasteiger charge is 2.28. The van der Waals surface area contributed by atoms with Gasteiger partial charge in [-0.3, -0.25) is 0 Å². The van der Waals surface area contributed by atoms with Crippen LogP contribution in [0, 0.1) is 5.92 Å². The standard InChI is InChI=1S/C19H38N2O2/c1-6-7-8-9-11-15(2)21-17-13-10-12-16(17)14-20-18(22)23-19(3,4)5/h15-17,21H,6-14H2,1-5H3,(H,20,22). The maximum Gasteiger partial charge on any atom is 0.407 e. The predicted molar refractivity (Wildman–Crippen MR) is 96.7 cm³/mol. The maximum absolute atomic E-state index is 11.8. The van der Waals surface area contributed by atoms with Crippen molar-refractivity contribution in [1.82, 2.24) is 10.6 Å². The van der Waals surface area contributed by atoms with Gasteiger partial charge < -0.3 is 15.4 Å². The van der Waals surface area contributed by atoms with Gasteiger partial charge in [0.05, 0.1) is 0 Å². The number of ether oxygens (including phenoxy) is 1. The summed E-state index contributed by atoms with van der Waals surface area (Å²) in [6.07, 6.45) is 9.92. The molecule has 0 aromatic heterocycles. The molecule has 0 heterocycles. The van der Waals surface area contributed by atoms with Gasteiger partial charge in [0.25, 0.3) is 0 Å². The second kappa shape index (κ2) is 10.2. The Morgan fingerprint density at radius 2 is 1.96 bits per heavy atom. The van der Waals surface area contributed by atoms with E-state index in [1.54, 1.807) is 0 Å². The first-order valence-electron chi connectivity index (χ1n) is 9.54. The smallest absolute Gasteiger partial charge is 0.407 e. The van der Waals surface area contributed by atoms with Crippen molar-refractivity contribution in [3.8, 4) is 0 Å². The van der Waals surface area contributed by atoms with E-state index in [-0.39, 0.29) is 6.09 Å². The molecule has 1 aliphatic rings. The van der Waals surface area contributed by atoms with Gasteiger partial charge in [-0.1, -0.05) is 39.0 Å². The molecular formula is C19H38N2O2. The monoisotopic (exact) mass is 326 g/mol. The van der Waals surface area contributed by atoms with Crippen molar-refractivity contribution >= 4 is 6.09 Å². The van der Waals surface area contributed by atoms with Gasteiger partial charge in [-0.25, -0.2) is 4.79 Å². The molecule has 0 spiro atoms. The summed E-state index contributed by atoms with van der Waals surface area (Å²) in [5.74, 6) is 0.528. The minimum Gasteiger partial charge on any atom is -0.444 e. The minimum absolute atomic E-state index is 0.296. The van der Waals surface area contributed by atoms with E-state index in [0.29, 0.717) is 18.0 Å². The van der Waals surface area contributed by atoms with Gasteiger partial charge in [0.15, 0.2) is 0 Å². The SMILES string of the molecule is CCCCCCC(C)NC1CCCC1CNC(=O)OC(C)(C)C. The summed E-state index contributed by atoms with van der Waals surface area (Å²) < 4.78 is 5.32. The Hall–Kier alpha value is -0.770. The lowest BCUT2D eigenvalue weighted by Gasteiger charge is -2.26. The Morgan fingerprint density at radius 1 is 1.22 bits per heavy atom. The number of rotatable bonds is 9. The van der Waals surface area contributed by atoms with Crippen LogP contribution in [0.15, 0.2) is 0 Å². The van der Waals surface area contributed by atoms with Gasteiger partial charge in [0.2, 0.25) is 0 Å². The van der Waals surface area contributed by atoms with Crippen molar-refractivity contribution in [2.45, 2.75) is 104 Å². The van der Waals surface area contributed by atoms with E-state index < -0.39 is 5.60 Å². The average Bonchev–Trinajstić information content (AvgIpc) is 2.87. The summed E-state index contributed by atoms with van der Waals surface area (Å²) in [5.41, 5.74) is -0.426. The number of nitrogens with one attached hydrogen (secondary N) is 2. The van der Waals surface area contributed by atoms with Crippen LogP contribution >= 0.6 is 0 Å². The lowest BCUT2D eigenvalue weighted by atomic mass is 10.0. The Kier molecular flexibility index (Phi) is 8.96. The number of carbonyl (C=O) groups excluding carboxylic acids is 1. The molecule has 1 aliphatic carbocycles. The number of carbonyl (C=O) groups is 1. The zero-order valence-electron chi connectivity index (χ0n) is 15.9. The summed E-state index contributed by atoms with van der Waals surface area (Å²) >= 11 is 0. The predicted octanol–water partition coefficient (Wildman–Crippen LogP) is 4.63. The Morgan fingerprint density at radius 3 is 2.61 bits per heavy atom. The van der Waals surface area contributed by atoms with E-state index in [1.165, 1.54) is 51.4 Å². The van der Waals surface area contributed by atoms with Gasteiger partial charge in [-0.15, -0.1) is 0 Å². The first kappa shape index (κ1) is 20.3. The van der Waals surface area contributed by atoms with E-state index in [9.17, 15) is 4.79 Å². The van der Waals surface area contributed by atoms with Gasteiger partial charge >= 0.3 is 6.09 Å². The fraction of sp³-hybridized carbons (Fsp3) is 0.947. The highest BCUT2D eigenvalue weighted by molar-refractivity contribution is 5.67. The van der Waals surface area contributed by atoms with Crippen LogP contribution in [0.2, 0.25) is 0 Å². The average molecular weight is 327 g/mol. The number of hydrogen-bond donors (Lipinski definition) is 2. The van der Waals surface area contributed by atoms with Crippen LogP contribution < -0.4 is 10.6 Å². The molecule has 0 aromatic rings. The largest absolute Gasteiger partial charge is 0.444 e. The molecule has 136 valence electrons. The van der Waals surface area contributed by atoms with E-state index >= 15 is 0 Å². The first-order chi connectivity index (χ1) is 10.8. The van der Waals surface area contributed by atoms with Crippen LogP contribution in [-0.4, -0.2) is 30.3 Å². The van der Waals surface area contributed by atoms with Gasteiger partial charge in [0.1, 0.15) is 5.60 Å². The molecule has 0 aliphatic heterocycles. The highest BCUT2D eigenvalue weighted by atomic mass is 16.6. The third kappa shape index (κ3) is 9.19. The lowest BCUT2D eigenvalue weighted by molar-refractivity contribution is 0.0517. The fourth-order valence-corrected chi connectivity index (χ4v) is 3.36. The number of hydrogen-bond acceptors (Lipinski definition) is 3. The molecule has 1 amide bonds. The normalized spacial score (nSPS) is 22.8. The molecule has 0 aromatic carbocycles. The number of amides is 1. The number of alkyl carbamates (subject to hydrolysis) is 1. The van der Waals surface area contributed by atoms with Crippen molar-refractivity contribution in [2.24, 2.45) is 5.92 Å². The van der Waals surface area contributed by atoms with E-state index in [0.717, 1.165) is 6.54 Å². The van der Waals surface area contributed by atoms with Crippen molar-refractivity contribution in [3.05, 3.63) is 0 Å². The van der Waals surface area contributed by atoms with Crippen LogP contribution in [0.25, 0.3) is 0 Å². The topological polar surface area (TPSA) is 50.4 Å². The third-order valence-electron chi connectivity index (χ3n) is 4.56. The Balaban J connectivity index is 2.26. The molecular weight excluding hydrogens is 288 g/mol. The molecule has 4 heteroatoms. The van der Waals surface area contributed by atoms with Crippen LogP contribution in [0.4, 0.5) is 4.79 Å². The molecule has 1 saturated carbocycles. The highest BCUT2D eigenvalue weighted by Crippen LogP contribution is 2.26. The van der Waals surface area contributed by atoms with E-state index in [1.807, 2.05) is 20.8 Å². The molecule has 3 atom stereocenters. The zero-order chi connectivity index (χ0) is 17.3. The van der Waals surface area contributed by atoms with Crippen molar-refractivity contribution in [3.63, 3.8) is 0 Å². The van der Waals surface area contributed by atoms with Crippen LogP contribution in [0.3, 0.4) is 0 Å². The molecule has 4 nitrogen and oxygen atoms in total. The lowest BCUT2D eigenvalue weighted by Crippen LogP contribution is -2.43. The Bertz CT molecular complexity index is 339.